The first-order chi connectivity index (χ1) is 11.6. The predicted molar refractivity (Wildman–Crippen MR) is 91.9 cm³/mol. The van der Waals surface area contributed by atoms with Crippen LogP contribution < -0.4 is 10.6 Å². The molecule has 6 nitrogen and oxygen atoms in total. The molecule has 1 aliphatic rings. The van der Waals surface area contributed by atoms with E-state index in [0.29, 0.717) is 0 Å². The second-order valence-corrected chi connectivity index (χ2v) is 6.36. The monoisotopic (exact) mass is 328 g/mol. The van der Waals surface area contributed by atoms with Gasteiger partial charge in [-0.3, -0.25) is 0 Å². The number of imidazole rings is 1. The molecule has 6 heteroatoms. The van der Waals surface area contributed by atoms with Gasteiger partial charge in [-0.2, -0.15) is 0 Å². The van der Waals surface area contributed by atoms with E-state index in [1.807, 2.05) is 42.0 Å². The van der Waals surface area contributed by atoms with E-state index in [1.54, 1.807) is 12.5 Å². The lowest BCUT2D eigenvalue weighted by Crippen LogP contribution is -2.49. The van der Waals surface area contributed by atoms with Gasteiger partial charge in [-0.25, -0.2) is 9.78 Å². The lowest BCUT2D eigenvalue weighted by atomic mass is 9.93. The third kappa shape index (κ3) is 3.94. The van der Waals surface area contributed by atoms with Crippen LogP contribution in [0.15, 0.2) is 43.0 Å². The van der Waals surface area contributed by atoms with Crippen molar-refractivity contribution in [1.82, 2.24) is 20.2 Å². The van der Waals surface area contributed by atoms with Crippen molar-refractivity contribution in [2.75, 3.05) is 0 Å². The Kier molecular flexibility index (Phi) is 5.15. The predicted octanol–water partition coefficient (Wildman–Crippen LogP) is 2.54. The number of aliphatic hydroxyl groups excluding tert-OH is 1. The van der Waals surface area contributed by atoms with Crippen LogP contribution in [0.5, 0.6) is 0 Å². The van der Waals surface area contributed by atoms with E-state index in [2.05, 4.69) is 15.6 Å². The van der Waals surface area contributed by atoms with Gasteiger partial charge in [0.1, 0.15) is 0 Å². The van der Waals surface area contributed by atoms with Crippen LogP contribution in [0, 0.1) is 0 Å². The Morgan fingerprint density at radius 2 is 2.04 bits per heavy atom. The molecule has 0 aliphatic heterocycles. The van der Waals surface area contributed by atoms with Gasteiger partial charge in [0.15, 0.2) is 0 Å². The molecule has 3 atom stereocenters. The lowest BCUT2D eigenvalue weighted by Gasteiger charge is -2.29. The highest BCUT2D eigenvalue weighted by molar-refractivity contribution is 5.74. The fraction of sp³-hybridized carbons (Fsp3) is 0.444. The molecule has 3 rings (SSSR count). The lowest BCUT2D eigenvalue weighted by molar-refractivity contribution is 0.0941. The zero-order valence-corrected chi connectivity index (χ0v) is 13.9. The van der Waals surface area contributed by atoms with E-state index < -0.39 is 6.10 Å². The average molecular weight is 328 g/mol. The third-order valence-electron chi connectivity index (χ3n) is 4.59. The van der Waals surface area contributed by atoms with Gasteiger partial charge in [0.2, 0.25) is 0 Å². The van der Waals surface area contributed by atoms with Crippen LogP contribution in [0.4, 0.5) is 4.79 Å². The topological polar surface area (TPSA) is 79.2 Å². The van der Waals surface area contributed by atoms with E-state index >= 15 is 0 Å². The van der Waals surface area contributed by atoms with Gasteiger partial charge in [-0.15, -0.1) is 0 Å². The standard InChI is InChI=1S/C18H24N4O2/c1-13(20-18(24)21-16-4-2-3-5-17(16)23)14-6-8-15(9-7-14)22-11-10-19-12-22/h6-13,16-17,23H,2-5H2,1H3,(H2,20,21,24). The number of hydrogen-bond donors (Lipinski definition) is 3. The van der Waals surface area contributed by atoms with Crippen LogP contribution in [0.1, 0.15) is 44.2 Å². The van der Waals surface area contributed by atoms with Crippen LogP contribution in [-0.2, 0) is 0 Å². The summed E-state index contributed by atoms with van der Waals surface area (Å²) < 4.78 is 1.93. The molecule has 0 bridgehead atoms. The van der Waals surface area contributed by atoms with E-state index in [1.165, 1.54) is 0 Å². The number of aliphatic hydroxyl groups is 1. The van der Waals surface area contributed by atoms with Crippen molar-refractivity contribution in [2.24, 2.45) is 0 Å². The van der Waals surface area contributed by atoms with Crippen LogP contribution in [0.3, 0.4) is 0 Å². The Morgan fingerprint density at radius 1 is 1.29 bits per heavy atom. The van der Waals surface area contributed by atoms with Crippen LogP contribution >= 0.6 is 0 Å². The molecule has 2 amide bonds. The summed E-state index contributed by atoms with van der Waals surface area (Å²) in [6, 6.07) is 7.51. The number of nitrogens with zero attached hydrogens (tertiary/aromatic N) is 2. The number of nitrogens with one attached hydrogen (secondary N) is 2. The van der Waals surface area contributed by atoms with Gasteiger partial charge in [0.05, 0.1) is 24.5 Å². The Balaban J connectivity index is 1.56. The molecule has 3 N–H and O–H groups in total. The molecule has 1 saturated carbocycles. The molecule has 0 radical (unpaired) electrons. The summed E-state index contributed by atoms with van der Waals surface area (Å²) in [5, 5.41) is 15.8. The third-order valence-corrected chi connectivity index (χ3v) is 4.59. The maximum Gasteiger partial charge on any atom is 0.315 e. The summed E-state index contributed by atoms with van der Waals surface area (Å²) in [6.07, 6.45) is 8.61. The van der Waals surface area contributed by atoms with Gasteiger partial charge >= 0.3 is 6.03 Å². The van der Waals surface area contributed by atoms with Crippen molar-refractivity contribution >= 4 is 6.03 Å². The minimum Gasteiger partial charge on any atom is -0.391 e. The largest absolute Gasteiger partial charge is 0.391 e. The van der Waals surface area contributed by atoms with Gasteiger partial charge in [-0.05, 0) is 37.5 Å². The summed E-state index contributed by atoms with van der Waals surface area (Å²) in [5.74, 6) is 0. The molecule has 3 unspecified atom stereocenters. The van der Waals surface area contributed by atoms with Crippen molar-refractivity contribution in [3.8, 4) is 5.69 Å². The minimum absolute atomic E-state index is 0.109. The van der Waals surface area contributed by atoms with E-state index in [0.717, 1.165) is 36.9 Å². The molecule has 1 fully saturated rings. The van der Waals surface area contributed by atoms with Gasteiger partial charge in [0.25, 0.3) is 0 Å². The van der Waals surface area contributed by atoms with Gasteiger partial charge < -0.3 is 20.3 Å². The molecule has 1 heterocycles. The fourth-order valence-corrected chi connectivity index (χ4v) is 3.12. The van der Waals surface area contributed by atoms with Gasteiger partial charge in [0, 0.05) is 18.1 Å². The SMILES string of the molecule is CC(NC(=O)NC1CCCCC1O)c1ccc(-n2ccnc2)cc1. The van der Waals surface area contributed by atoms with Crippen molar-refractivity contribution in [3.05, 3.63) is 48.5 Å². The Hall–Kier alpha value is -2.34. The number of carbonyl (C=O) groups excluding carboxylic acids is 1. The van der Waals surface area contributed by atoms with E-state index in [9.17, 15) is 9.90 Å². The van der Waals surface area contributed by atoms with Crippen molar-refractivity contribution in [1.29, 1.82) is 0 Å². The molecule has 1 aliphatic carbocycles. The summed E-state index contributed by atoms with van der Waals surface area (Å²) in [6.45, 7) is 1.95. The Morgan fingerprint density at radius 3 is 2.71 bits per heavy atom. The molecular weight excluding hydrogens is 304 g/mol. The molecule has 1 aromatic carbocycles. The summed E-state index contributed by atoms with van der Waals surface area (Å²) in [5.41, 5.74) is 2.05. The van der Waals surface area contributed by atoms with Crippen molar-refractivity contribution < 1.29 is 9.90 Å². The zero-order valence-electron chi connectivity index (χ0n) is 13.9. The molecule has 1 aromatic heterocycles. The molecule has 0 saturated heterocycles. The highest BCUT2D eigenvalue weighted by Crippen LogP contribution is 2.19. The number of aromatic nitrogens is 2. The number of rotatable bonds is 4. The highest BCUT2D eigenvalue weighted by atomic mass is 16.3. The molecule has 0 spiro atoms. The van der Waals surface area contributed by atoms with Gasteiger partial charge in [-0.1, -0.05) is 25.0 Å². The number of benzene rings is 1. The summed E-state index contributed by atoms with van der Waals surface area (Å²) in [4.78, 5) is 16.2. The molecule has 128 valence electrons. The molecule has 24 heavy (non-hydrogen) atoms. The highest BCUT2D eigenvalue weighted by Gasteiger charge is 2.24. The average Bonchev–Trinajstić information content (AvgIpc) is 3.11. The summed E-state index contributed by atoms with van der Waals surface area (Å²) in [7, 11) is 0. The first kappa shape index (κ1) is 16.5. The normalized spacial score (nSPS) is 21.9. The first-order valence-electron chi connectivity index (χ1n) is 8.47. The van der Waals surface area contributed by atoms with E-state index in [4.69, 9.17) is 0 Å². The quantitative estimate of drug-likeness (QED) is 0.807. The Bertz CT molecular complexity index is 654. The van der Waals surface area contributed by atoms with E-state index in [-0.39, 0.29) is 18.1 Å². The second kappa shape index (κ2) is 7.49. The minimum atomic E-state index is -0.436. The first-order valence-corrected chi connectivity index (χ1v) is 8.47. The maximum absolute atomic E-state index is 12.1. The maximum atomic E-state index is 12.1. The number of carbonyl (C=O) groups is 1. The number of amides is 2. The zero-order chi connectivity index (χ0) is 16.9. The Labute approximate surface area is 141 Å². The van der Waals surface area contributed by atoms with Crippen LogP contribution in [0.25, 0.3) is 5.69 Å². The van der Waals surface area contributed by atoms with Crippen LogP contribution in [0.2, 0.25) is 0 Å². The smallest absolute Gasteiger partial charge is 0.315 e. The number of urea groups is 1. The molecular formula is C18H24N4O2. The fourth-order valence-electron chi connectivity index (χ4n) is 3.12. The van der Waals surface area contributed by atoms with Crippen molar-refractivity contribution in [2.45, 2.75) is 50.8 Å². The molecule has 2 aromatic rings. The van der Waals surface area contributed by atoms with Crippen molar-refractivity contribution in [3.63, 3.8) is 0 Å². The van der Waals surface area contributed by atoms with Crippen LogP contribution in [-0.4, -0.2) is 32.8 Å². The number of hydrogen-bond acceptors (Lipinski definition) is 3. The second-order valence-electron chi connectivity index (χ2n) is 6.36. The summed E-state index contributed by atoms with van der Waals surface area (Å²) >= 11 is 0.